The average molecular weight is 168 g/mol. The molecule has 0 spiro atoms. The van der Waals surface area contributed by atoms with Gasteiger partial charge in [0.05, 0.1) is 0 Å². The van der Waals surface area contributed by atoms with Gasteiger partial charge in [0.2, 0.25) is 0 Å². The van der Waals surface area contributed by atoms with Gasteiger partial charge in [0.25, 0.3) is 0 Å². The third-order valence-electron chi connectivity index (χ3n) is 0.534. The molecule has 11 heavy (non-hydrogen) atoms. The van der Waals surface area contributed by atoms with E-state index in [-0.39, 0.29) is 18.7 Å². The molecule has 7 nitrogen and oxygen atoms in total. The highest BCUT2D eigenvalue weighted by Gasteiger charge is 1.98. The van der Waals surface area contributed by atoms with Crippen LogP contribution in [-0.4, -0.2) is 41.2 Å². The Hall–Kier alpha value is -1.50. The van der Waals surface area contributed by atoms with Gasteiger partial charge in [-0.2, -0.15) is 0 Å². The largest absolute Gasteiger partial charge is 0.505 e. The van der Waals surface area contributed by atoms with Crippen LogP contribution in [0, 0.1) is 0 Å². The first-order valence-corrected chi connectivity index (χ1v) is 2.34. The molecule has 0 rings (SSSR count). The van der Waals surface area contributed by atoms with Crippen molar-refractivity contribution in [3.8, 4) is 0 Å². The second-order valence-electron chi connectivity index (χ2n) is 1.23. The first-order chi connectivity index (χ1) is 4.63. The molecule has 0 aromatic carbocycles. The van der Waals surface area contributed by atoms with Crippen molar-refractivity contribution in [1.29, 1.82) is 0 Å². The molecule has 0 aliphatic carbocycles. The van der Waals surface area contributed by atoms with Gasteiger partial charge in [-0.1, -0.05) is 0 Å². The molecule has 0 atom stereocenters. The summed E-state index contributed by atoms with van der Waals surface area (Å²) in [6.07, 6.45) is -2.90. The van der Waals surface area contributed by atoms with E-state index in [4.69, 9.17) is 10.2 Å². The molecule has 0 aliphatic heterocycles. The van der Waals surface area contributed by atoms with Gasteiger partial charge in [-0.25, -0.2) is 9.59 Å². The van der Waals surface area contributed by atoms with Crippen LogP contribution >= 0.6 is 0 Å². The molecule has 0 heterocycles. The average Bonchev–Trinajstić information content (AvgIpc) is 1.79. The van der Waals surface area contributed by atoms with Crippen LogP contribution in [0.2, 0.25) is 0 Å². The zero-order valence-corrected chi connectivity index (χ0v) is 5.44. The lowest BCUT2D eigenvalue weighted by molar-refractivity contribution is 0.0472. The monoisotopic (exact) mass is 168 g/mol. The standard InChI is InChI=1S/C4H6O6.H2O/c5-3(6)9-1-2-10-4(7)8;/h1-2H2,(H,5,6)(H,7,8);1H2. The van der Waals surface area contributed by atoms with E-state index in [1.807, 2.05) is 0 Å². The Morgan fingerprint density at radius 1 is 1.00 bits per heavy atom. The van der Waals surface area contributed by atoms with Crippen molar-refractivity contribution in [3.63, 3.8) is 0 Å². The molecular weight excluding hydrogens is 160 g/mol. The SMILES string of the molecule is O.O=C(O)OCCOC(=O)O. The predicted molar refractivity (Wildman–Crippen MR) is 31.6 cm³/mol. The van der Waals surface area contributed by atoms with Gasteiger partial charge < -0.3 is 25.2 Å². The number of hydrogen-bond donors (Lipinski definition) is 2. The fraction of sp³-hybridized carbons (Fsp3) is 0.500. The fourth-order valence-corrected chi connectivity index (χ4v) is 0.258. The van der Waals surface area contributed by atoms with E-state index in [0.29, 0.717) is 0 Å². The Morgan fingerprint density at radius 2 is 1.27 bits per heavy atom. The maximum atomic E-state index is 9.62. The smallest absolute Gasteiger partial charge is 0.450 e. The number of carbonyl (C=O) groups is 2. The van der Waals surface area contributed by atoms with E-state index in [9.17, 15) is 9.59 Å². The normalized spacial score (nSPS) is 7.64. The molecule has 0 fully saturated rings. The van der Waals surface area contributed by atoms with Crippen LogP contribution < -0.4 is 0 Å². The summed E-state index contributed by atoms with van der Waals surface area (Å²) in [5, 5.41) is 15.7. The van der Waals surface area contributed by atoms with Crippen molar-refractivity contribution in [2.45, 2.75) is 0 Å². The minimum atomic E-state index is -1.45. The fourth-order valence-electron chi connectivity index (χ4n) is 0.258. The molecule has 0 aliphatic rings. The first-order valence-electron chi connectivity index (χ1n) is 2.34. The third kappa shape index (κ3) is 11.9. The number of rotatable bonds is 3. The summed E-state index contributed by atoms with van der Waals surface area (Å²) >= 11 is 0. The second kappa shape index (κ2) is 6.62. The Kier molecular flexibility index (Phi) is 7.34. The minimum absolute atomic E-state index is 0. The molecule has 0 bridgehead atoms. The highest BCUT2D eigenvalue weighted by Crippen LogP contribution is 1.79. The lowest BCUT2D eigenvalue weighted by atomic mass is 10.8. The van der Waals surface area contributed by atoms with Gasteiger partial charge >= 0.3 is 12.3 Å². The molecule has 0 saturated carbocycles. The van der Waals surface area contributed by atoms with Gasteiger partial charge in [-0.3, -0.25) is 0 Å². The van der Waals surface area contributed by atoms with Gasteiger partial charge in [0.15, 0.2) is 0 Å². The molecule has 7 heteroatoms. The second-order valence-corrected chi connectivity index (χ2v) is 1.23. The van der Waals surface area contributed by atoms with Gasteiger partial charge in [-0.15, -0.1) is 0 Å². The van der Waals surface area contributed by atoms with Crippen molar-refractivity contribution in [3.05, 3.63) is 0 Å². The molecule has 0 saturated heterocycles. The molecule has 0 aromatic rings. The molecule has 0 aromatic heterocycles. The Labute approximate surface area is 61.5 Å². The van der Waals surface area contributed by atoms with Gasteiger partial charge in [0, 0.05) is 0 Å². The zero-order chi connectivity index (χ0) is 7.98. The minimum Gasteiger partial charge on any atom is -0.450 e. The number of ether oxygens (including phenoxy) is 2. The maximum absolute atomic E-state index is 9.62. The predicted octanol–water partition coefficient (Wildman–Crippen LogP) is -0.449. The van der Waals surface area contributed by atoms with Crippen molar-refractivity contribution >= 4 is 12.3 Å². The lowest BCUT2D eigenvalue weighted by Gasteiger charge is -1.98. The molecule has 0 unspecified atom stereocenters. The highest BCUT2D eigenvalue weighted by atomic mass is 16.7. The van der Waals surface area contributed by atoms with Crippen LogP contribution in [-0.2, 0) is 9.47 Å². The van der Waals surface area contributed by atoms with Gasteiger partial charge in [-0.05, 0) is 0 Å². The Morgan fingerprint density at radius 3 is 1.45 bits per heavy atom. The molecule has 4 N–H and O–H groups in total. The van der Waals surface area contributed by atoms with Crippen LogP contribution in [0.25, 0.3) is 0 Å². The van der Waals surface area contributed by atoms with Gasteiger partial charge in [0.1, 0.15) is 13.2 Å². The van der Waals surface area contributed by atoms with E-state index in [1.54, 1.807) is 0 Å². The van der Waals surface area contributed by atoms with Crippen LogP contribution in [0.3, 0.4) is 0 Å². The maximum Gasteiger partial charge on any atom is 0.505 e. The summed E-state index contributed by atoms with van der Waals surface area (Å²) < 4.78 is 7.84. The van der Waals surface area contributed by atoms with E-state index in [0.717, 1.165) is 0 Å². The number of hydrogen-bond acceptors (Lipinski definition) is 4. The quantitative estimate of drug-likeness (QED) is 0.434. The Bertz CT molecular complexity index is 114. The third-order valence-corrected chi connectivity index (χ3v) is 0.534. The summed E-state index contributed by atoms with van der Waals surface area (Å²) in [5.74, 6) is 0. The topological polar surface area (TPSA) is 125 Å². The van der Waals surface area contributed by atoms with Crippen LogP contribution in [0.5, 0.6) is 0 Å². The van der Waals surface area contributed by atoms with Crippen molar-refractivity contribution in [1.82, 2.24) is 0 Å². The van der Waals surface area contributed by atoms with Crippen molar-refractivity contribution in [2.24, 2.45) is 0 Å². The summed E-state index contributed by atoms with van der Waals surface area (Å²) in [6, 6.07) is 0. The van der Waals surface area contributed by atoms with Crippen molar-refractivity contribution in [2.75, 3.05) is 13.2 Å². The van der Waals surface area contributed by atoms with Crippen molar-refractivity contribution < 1.29 is 34.8 Å². The molecule has 0 radical (unpaired) electrons. The summed E-state index contributed by atoms with van der Waals surface area (Å²) in [6.45, 7) is -0.552. The van der Waals surface area contributed by atoms with Crippen LogP contribution in [0.4, 0.5) is 9.59 Å². The van der Waals surface area contributed by atoms with E-state index < -0.39 is 12.3 Å². The lowest BCUT2D eigenvalue weighted by Crippen LogP contribution is -2.10. The first kappa shape index (κ1) is 12.2. The Balaban J connectivity index is 0. The van der Waals surface area contributed by atoms with E-state index in [2.05, 4.69) is 9.47 Å². The van der Waals surface area contributed by atoms with E-state index in [1.165, 1.54) is 0 Å². The zero-order valence-electron chi connectivity index (χ0n) is 5.44. The summed E-state index contributed by atoms with van der Waals surface area (Å²) in [5.41, 5.74) is 0. The van der Waals surface area contributed by atoms with Crippen LogP contribution in [0.15, 0.2) is 0 Å². The molecular formula is C4H8O7. The number of carboxylic acid groups (broad SMARTS) is 2. The van der Waals surface area contributed by atoms with E-state index >= 15 is 0 Å². The molecule has 66 valence electrons. The molecule has 0 amide bonds. The van der Waals surface area contributed by atoms with Crippen LogP contribution in [0.1, 0.15) is 0 Å². The highest BCUT2D eigenvalue weighted by molar-refractivity contribution is 5.57. The summed E-state index contributed by atoms with van der Waals surface area (Å²) in [7, 11) is 0. The summed E-state index contributed by atoms with van der Waals surface area (Å²) in [4.78, 5) is 19.2.